The summed E-state index contributed by atoms with van der Waals surface area (Å²) in [4.78, 5) is 0. The van der Waals surface area contributed by atoms with E-state index in [-0.39, 0.29) is 29.3 Å². The first-order chi connectivity index (χ1) is 18.5. The number of hydrogen-bond donors (Lipinski definition) is 2. The van der Waals surface area contributed by atoms with Crippen molar-refractivity contribution in [2.24, 2.45) is 0 Å². The normalized spacial score (nSPS) is 24.3. The van der Waals surface area contributed by atoms with Gasteiger partial charge in [-0.1, -0.05) is 30.3 Å². The average Bonchev–Trinajstić information content (AvgIpc) is 2.95. The molecule has 4 atom stereocenters. The standard InChI is InChI=1S/C32H28O6/c1-35-21-5-3-4-18(12-21)32-17-38-29-14-20(34)7-10-24(29)31(32)30-23-9-6-19(33)13-28(23)37-16-26(30)25-15-22(36-2)8-11-27(25)32/h3-15,26,30-31,33-34H,16-17H2,1-2H3. The second kappa shape index (κ2) is 8.35. The molecular weight excluding hydrogens is 480 g/mol. The highest BCUT2D eigenvalue weighted by Crippen LogP contribution is 2.66. The second-order valence-electron chi connectivity index (χ2n) is 10.3. The molecule has 7 rings (SSSR count). The summed E-state index contributed by atoms with van der Waals surface area (Å²) in [6.07, 6.45) is 0. The Labute approximate surface area is 221 Å². The first kappa shape index (κ1) is 22.8. The molecule has 0 saturated heterocycles. The van der Waals surface area contributed by atoms with Gasteiger partial charge in [0.15, 0.2) is 0 Å². The van der Waals surface area contributed by atoms with Crippen LogP contribution in [-0.4, -0.2) is 37.6 Å². The van der Waals surface area contributed by atoms with Gasteiger partial charge in [0.05, 0.1) is 26.2 Å². The molecule has 2 aliphatic heterocycles. The van der Waals surface area contributed by atoms with E-state index in [0.717, 1.165) is 33.8 Å². The monoisotopic (exact) mass is 508 g/mol. The van der Waals surface area contributed by atoms with Crippen molar-refractivity contribution in [3.63, 3.8) is 0 Å². The molecule has 0 spiro atoms. The lowest BCUT2D eigenvalue weighted by atomic mass is 9.50. The van der Waals surface area contributed by atoms with Crippen LogP contribution >= 0.6 is 0 Å². The quantitative estimate of drug-likeness (QED) is 0.362. The Morgan fingerprint density at radius 2 is 1.45 bits per heavy atom. The summed E-state index contributed by atoms with van der Waals surface area (Å²) in [6.45, 7) is 0.859. The lowest BCUT2D eigenvalue weighted by Crippen LogP contribution is -2.52. The second-order valence-corrected chi connectivity index (χ2v) is 10.3. The van der Waals surface area contributed by atoms with Crippen molar-refractivity contribution in [2.45, 2.75) is 23.2 Å². The minimum absolute atomic E-state index is 0.0114. The Morgan fingerprint density at radius 1 is 0.737 bits per heavy atom. The molecule has 1 aliphatic carbocycles. The zero-order valence-corrected chi connectivity index (χ0v) is 21.2. The summed E-state index contributed by atoms with van der Waals surface area (Å²) in [6, 6.07) is 25.4. The van der Waals surface area contributed by atoms with Gasteiger partial charge in [-0.05, 0) is 64.2 Å². The summed E-state index contributed by atoms with van der Waals surface area (Å²) < 4.78 is 24.1. The number of phenols is 2. The molecular formula is C32H28O6. The van der Waals surface area contributed by atoms with E-state index in [4.69, 9.17) is 18.9 Å². The maximum Gasteiger partial charge on any atom is 0.126 e. The number of methoxy groups -OCH3 is 2. The molecule has 0 fully saturated rings. The highest BCUT2D eigenvalue weighted by Gasteiger charge is 2.58. The maximum atomic E-state index is 10.3. The van der Waals surface area contributed by atoms with Gasteiger partial charge in [-0.2, -0.15) is 0 Å². The first-order valence-corrected chi connectivity index (χ1v) is 12.8. The van der Waals surface area contributed by atoms with E-state index in [9.17, 15) is 10.2 Å². The molecule has 3 aliphatic rings. The Kier molecular flexibility index (Phi) is 5.02. The molecule has 0 bridgehead atoms. The van der Waals surface area contributed by atoms with Crippen LogP contribution in [0.2, 0.25) is 0 Å². The molecule has 0 radical (unpaired) electrons. The highest BCUT2D eigenvalue weighted by molar-refractivity contribution is 5.63. The fourth-order valence-electron chi connectivity index (χ4n) is 7.02. The van der Waals surface area contributed by atoms with Crippen LogP contribution in [0.1, 0.15) is 45.6 Å². The van der Waals surface area contributed by atoms with Crippen LogP contribution in [0.4, 0.5) is 0 Å². The fourth-order valence-corrected chi connectivity index (χ4v) is 7.02. The number of rotatable bonds is 3. The summed E-state index contributed by atoms with van der Waals surface area (Å²) in [5, 5.41) is 20.6. The minimum Gasteiger partial charge on any atom is -0.508 e. The highest BCUT2D eigenvalue weighted by atomic mass is 16.5. The third-order valence-electron chi connectivity index (χ3n) is 8.61. The minimum atomic E-state index is -0.562. The van der Waals surface area contributed by atoms with Crippen molar-refractivity contribution in [3.8, 4) is 34.5 Å². The molecule has 6 nitrogen and oxygen atoms in total. The molecule has 38 heavy (non-hydrogen) atoms. The zero-order valence-electron chi connectivity index (χ0n) is 21.2. The van der Waals surface area contributed by atoms with Gasteiger partial charge >= 0.3 is 0 Å². The maximum absolute atomic E-state index is 10.3. The van der Waals surface area contributed by atoms with Gasteiger partial charge in [-0.3, -0.25) is 0 Å². The van der Waals surface area contributed by atoms with Crippen molar-refractivity contribution in [1.82, 2.24) is 0 Å². The van der Waals surface area contributed by atoms with E-state index in [0.29, 0.717) is 24.7 Å². The molecule has 0 saturated carbocycles. The lowest BCUT2D eigenvalue weighted by Gasteiger charge is -2.56. The third kappa shape index (κ3) is 3.13. The predicted octanol–water partition coefficient (Wildman–Crippen LogP) is 5.85. The third-order valence-corrected chi connectivity index (χ3v) is 8.61. The van der Waals surface area contributed by atoms with Gasteiger partial charge in [0, 0.05) is 29.9 Å². The summed E-state index contributed by atoms with van der Waals surface area (Å²) >= 11 is 0. The molecule has 2 N–H and O–H groups in total. The number of hydrogen-bond acceptors (Lipinski definition) is 6. The number of fused-ring (bicyclic) bond motifs is 10. The van der Waals surface area contributed by atoms with Crippen molar-refractivity contribution < 1.29 is 29.2 Å². The van der Waals surface area contributed by atoms with Crippen LogP contribution < -0.4 is 18.9 Å². The van der Waals surface area contributed by atoms with Crippen LogP contribution in [0.5, 0.6) is 34.5 Å². The molecule has 4 unspecified atom stereocenters. The van der Waals surface area contributed by atoms with Crippen LogP contribution in [0, 0.1) is 0 Å². The van der Waals surface area contributed by atoms with Crippen molar-refractivity contribution in [2.75, 3.05) is 27.4 Å². The van der Waals surface area contributed by atoms with Gasteiger partial charge in [0.2, 0.25) is 0 Å². The van der Waals surface area contributed by atoms with Gasteiger partial charge in [0.1, 0.15) is 41.1 Å². The summed E-state index contributed by atoms with van der Waals surface area (Å²) in [7, 11) is 3.37. The molecule has 192 valence electrons. The molecule has 4 aromatic carbocycles. The van der Waals surface area contributed by atoms with Crippen LogP contribution in [-0.2, 0) is 5.41 Å². The fraction of sp³-hybridized carbons (Fsp3) is 0.250. The van der Waals surface area contributed by atoms with Gasteiger partial charge in [-0.15, -0.1) is 0 Å². The average molecular weight is 509 g/mol. The van der Waals surface area contributed by atoms with Gasteiger partial charge in [0.25, 0.3) is 0 Å². The van der Waals surface area contributed by atoms with Gasteiger partial charge in [-0.25, -0.2) is 0 Å². The zero-order chi connectivity index (χ0) is 26.0. The van der Waals surface area contributed by atoms with E-state index >= 15 is 0 Å². The topological polar surface area (TPSA) is 77.4 Å². The lowest BCUT2D eigenvalue weighted by molar-refractivity contribution is 0.125. The number of benzene rings is 4. The number of ether oxygens (including phenoxy) is 4. The molecule has 6 heteroatoms. The SMILES string of the molecule is COc1cccc(C23COc4cc(O)ccc4C2C2c4ccc(O)cc4OCC2c2cc(OC)ccc23)c1. The van der Waals surface area contributed by atoms with Crippen LogP contribution in [0.15, 0.2) is 78.9 Å². The molecule has 0 amide bonds. The smallest absolute Gasteiger partial charge is 0.126 e. The van der Waals surface area contributed by atoms with Crippen molar-refractivity contribution in [3.05, 3.63) is 107 Å². The number of phenolic OH excluding ortho intramolecular Hbond substituents is 2. The van der Waals surface area contributed by atoms with E-state index in [1.54, 1.807) is 38.5 Å². The Balaban J connectivity index is 1.59. The number of aromatic hydroxyl groups is 2. The van der Waals surface area contributed by atoms with E-state index in [2.05, 4.69) is 24.3 Å². The van der Waals surface area contributed by atoms with E-state index < -0.39 is 5.41 Å². The van der Waals surface area contributed by atoms with Crippen molar-refractivity contribution >= 4 is 0 Å². The Bertz CT molecular complexity index is 1560. The summed E-state index contributed by atoms with van der Waals surface area (Å²) in [5.41, 5.74) is 4.95. The first-order valence-electron chi connectivity index (χ1n) is 12.8. The molecule has 0 aromatic heterocycles. The Morgan fingerprint density at radius 3 is 2.21 bits per heavy atom. The van der Waals surface area contributed by atoms with Crippen LogP contribution in [0.3, 0.4) is 0 Å². The van der Waals surface area contributed by atoms with Gasteiger partial charge < -0.3 is 29.2 Å². The summed E-state index contributed by atoms with van der Waals surface area (Å²) in [5.74, 6) is 3.32. The largest absolute Gasteiger partial charge is 0.508 e. The molecule has 2 heterocycles. The predicted molar refractivity (Wildman–Crippen MR) is 142 cm³/mol. The van der Waals surface area contributed by atoms with Crippen LogP contribution in [0.25, 0.3) is 0 Å². The van der Waals surface area contributed by atoms with E-state index in [1.165, 1.54) is 5.56 Å². The Hall–Kier alpha value is -4.32. The molecule has 4 aromatic rings. The van der Waals surface area contributed by atoms with Crippen molar-refractivity contribution in [1.29, 1.82) is 0 Å². The van der Waals surface area contributed by atoms with E-state index in [1.807, 2.05) is 30.3 Å².